The van der Waals surface area contributed by atoms with Gasteiger partial charge in [0.2, 0.25) is 0 Å². The highest BCUT2D eigenvalue weighted by Gasteiger charge is 2.15. The van der Waals surface area contributed by atoms with E-state index in [0.717, 1.165) is 0 Å². The smallest absolute Gasteiger partial charge is 0.313 e. The average Bonchev–Trinajstić information content (AvgIpc) is 2.38. The first kappa shape index (κ1) is 14.9. The van der Waals surface area contributed by atoms with Crippen LogP contribution in [0.1, 0.15) is 30.1 Å². The van der Waals surface area contributed by atoms with Gasteiger partial charge in [-0.3, -0.25) is 14.4 Å². The molecule has 0 radical (unpaired) electrons. The molecule has 1 rings (SSSR count). The lowest BCUT2D eigenvalue weighted by Gasteiger charge is -2.03. The van der Waals surface area contributed by atoms with Crippen LogP contribution in [0.25, 0.3) is 0 Å². The van der Waals surface area contributed by atoms with Gasteiger partial charge in [0.25, 0.3) is 0 Å². The number of hydrogen-bond donors (Lipinski definition) is 0. The Morgan fingerprint density at radius 3 is 2.21 bits per heavy atom. The number of ether oxygens (including phenoxy) is 2. The SMILES string of the molecule is CCOC(=O)CC(=O)CC(=O)c1ccc(OC)cc1. The molecule has 0 heterocycles. The maximum Gasteiger partial charge on any atom is 0.313 e. The van der Waals surface area contributed by atoms with Crippen molar-refractivity contribution in [1.82, 2.24) is 0 Å². The predicted octanol–water partition coefficient (Wildman–Crippen LogP) is 1.79. The first-order chi connectivity index (χ1) is 9.06. The van der Waals surface area contributed by atoms with Crippen LogP contribution < -0.4 is 4.74 Å². The predicted molar refractivity (Wildman–Crippen MR) is 68.2 cm³/mol. The molecule has 0 aromatic heterocycles. The van der Waals surface area contributed by atoms with Crippen molar-refractivity contribution in [3.05, 3.63) is 29.8 Å². The van der Waals surface area contributed by atoms with Crippen LogP contribution in [0, 0.1) is 0 Å². The molecule has 5 heteroatoms. The van der Waals surface area contributed by atoms with E-state index >= 15 is 0 Å². The summed E-state index contributed by atoms with van der Waals surface area (Å²) < 4.78 is 9.61. The number of Topliss-reactive ketones (excluding diaryl/α,β-unsaturated/α-hetero) is 2. The minimum Gasteiger partial charge on any atom is -0.497 e. The lowest BCUT2D eigenvalue weighted by molar-refractivity contribution is -0.145. The van der Waals surface area contributed by atoms with E-state index in [0.29, 0.717) is 11.3 Å². The lowest BCUT2D eigenvalue weighted by atomic mass is 10.0. The van der Waals surface area contributed by atoms with Crippen molar-refractivity contribution in [3.8, 4) is 5.75 Å². The highest BCUT2D eigenvalue weighted by Crippen LogP contribution is 2.13. The second kappa shape index (κ2) is 7.31. The zero-order valence-electron chi connectivity index (χ0n) is 11.0. The van der Waals surface area contributed by atoms with Crippen LogP contribution in [0.2, 0.25) is 0 Å². The summed E-state index contributed by atoms with van der Waals surface area (Å²) in [6, 6.07) is 6.45. The quantitative estimate of drug-likeness (QED) is 0.426. The Morgan fingerprint density at radius 2 is 1.68 bits per heavy atom. The van der Waals surface area contributed by atoms with Crippen molar-refractivity contribution >= 4 is 17.5 Å². The molecule has 0 aliphatic heterocycles. The first-order valence-corrected chi connectivity index (χ1v) is 5.91. The lowest BCUT2D eigenvalue weighted by Crippen LogP contribution is -2.14. The summed E-state index contributed by atoms with van der Waals surface area (Å²) in [5, 5.41) is 0. The van der Waals surface area contributed by atoms with Gasteiger partial charge in [0.15, 0.2) is 11.6 Å². The summed E-state index contributed by atoms with van der Waals surface area (Å²) in [5.74, 6) is -0.736. The number of hydrogen-bond acceptors (Lipinski definition) is 5. The van der Waals surface area contributed by atoms with Gasteiger partial charge in [-0.1, -0.05) is 0 Å². The van der Waals surface area contributed by atoms with Gasteiger partial charge in [-0.05, 0) is 31.2 Å². The monoisotopic (exact) mass is 264 g/mol. The maximum atomic E-state index is 11.8. The Labute approximate surface area is 111 Å². The number of carbonyl (C=O) groups excluding carboxylic acids is 3. The average molecular weight is 264 g/mol. The zero-order chi connectivity index (χ0) is 14.3. The summed E-state index contributed by atoms with van der Waals surface area (Å²) >= 11 is 0. The third kappa shape index (κ3) is 4.91. The highest BCUT2D eigenvalue weighted by molar-refractivity contribution is 6.11. The number of benzene rings is 1. The van der Waals surface area contributed by atoms with E-state index in [1.807, 2.05) is 0 Å². The first-order valence-electron chi connectivity index (χ1n) is 5.91. The van der Waals surface area contributed by atoms with Gasteiger partial charge in [0.05, 0.1) is 20.1 Å². The van der Waals surface area contributed by atoms with Crippen molar-refractivity contribution in [2.75, 3.05) is 13.7 Å². The minimum atomic E-state index is -0.602. The molecular formula is C14H16O5. The van der Waals surface area contributed by atoms with Gasteiger partial charge in [-0.25, -0.2) is 0 Å². The minimum absolute atomic E-state index is 0.221. The summed E-state index contributed by atoms with van der Waals surface area (Å²) in [6.45, 7) is 1.88. The van der Waals surface area contributed by atoms with E-state index in [4.69, 9.17) is 4.74 Å². The molecule has 0 aliphatic rings. The van der Waals surface area contributed by atoms with Crippen LogP contribution in [-0.2, 0) is 14.3 Å². The van der Waals surface area contributed by atoms with Crippen molar-refractivity contribution in [2.45, 2.75) is 19.8 Å². The van der Waals surface area contributed by atoms with Crippen LogP contribution in [0.15, 0.2) is 24.3 Å². The molecule has 5 nitrogen and oxygen atoms in total. The fourth-order valence-electron chi connectivity index (χ4n) is 1.49. The molecular weight excluding hydrogens is 248 g/mol. The van der Waals surface area contributed by atoms with Crippen molar-refractivity contribution < 1.29 is 23.9 Å². The highest BCUT2D eigenvalue weighted by atomic mass is 16.5. The Balaban J connectivity index is 2.54. The molecule has 0 amide bonds. The van der Waals surface area contributed by atoms with E-state index in [1.54, 1.807) is 31.2 Å². The zero-order valence-corrected chi connectivity index (χ0v) is 11.0. The van der Waals surface area contributed by atoms with Crippen molar-refractivity contribution in [3.63, 3.8) is 0 Å². The number of methoxy groups -OCH3 is 1. The third-order valence-corrected chi connectivity index (χ3v) is 2.42. The van der Waals surface area contributed by atoms with Gasteiger partial charge in [0, 0.05) is 5.56 Å². The molecule has 0 N–H and O–H groups in total. The molecule has 0 spiro atoms. The molecule has 0 unspecified atom stereocenters. The van der Waals surface area contributed by atoms with Crippen LogP contribution >= 0.6 is 0 Å². The number of rotatable bonds is 7. The molecule has 0 atom stereocenters. The topological polar surface area (TPSA) is 69.7 Å². The molecule has 0 saturated carbocycles. The van der Waals surface area contributed by atoms with Gasteiger partial charge >= 0.3 is 5.97 Å². The third-order valence-electron chi connectivity index (χ3n) is 2.42. The number of esters is 1. The molecule has 19 heavy (non-hydrogen) atoms. The Hall–Kier alpha value is -2.17. The Morgan fingerprint density at radius 1 is 1.05 bits per heavy atom. The normalized spacial score (nSPS) is 9.79. The van der Waals surface area contributed by atoms with Crippen LogP contribution in [-0.4, -0.2) is 31.3 Å². The van der Waals surface area contributed by atoms with E-state index < -0.39 is 11.8 Å². The van der Waals surface area contributed by atoms with Gasteiger partial charge in [-0.15, -0.1) is 0 Å². The Kier molecular flexibility index (Phi) is 5.73. The van der Waals surface area contributed by atoms with Gasteiger partial charge < -0.3 is 9.47 Å². The number of carbonyl (C=O) groups is 3. The Bertz CT molecular complexity index is 461. The molecule has 1 aromatic carbocycles. The van der Waals surface area contributed by atoms with Crippen LogP contribution in [0.3, 0.4) is 0 Å². The van der Waals surface area contributed by atoms with Gasteiger partial charge in [-0.2, -0.15) is 0 Å². The van der Waals surface area contributed by atoms with E-state index in [2.05, 4.69) is 4.74 Å². The van der Waals surface area contributed by atoms with Gasteiger partial charge in [0.1, 0.15) is 12.2 Å². The van der Waals surface area contributed by atoms with E-state index in [9.17, 15) is 14.4 Å². The summed E-state index contributed by atoms with van der Waals surface area (Å²) in [4.78, 5) is 34.4. The van der Waals surface area contributed by atoms with E-state index in [1.165, 1.54) is 7.11 Å². The molecule has 1 aromatic rings. The standard InChI is InChI=1S/C14H16O5/c1-3-19-14(17)9-11(15)8-13(16)10-4-6-12(18-2)7-5-10/h4-7H,3,8-9H2,1-2H3. The molecule has 0 saturated heterocycles. The second-order valence-electron chi connectivity index (χ2n) is 3.85. The van der Waals surface area contributed by atoms with Crippen LogP contribution in [0.5, 0.6) is 5.75 Å². The fourth-order valence-corrected chi connectivity index (χ4v) is 1.49. The van der Waals surface area contributed by atoms with Crippen molar-refractivity contribution in [1.29, 1.82) is 0 Å². The summed E-state index contributed by atoms with van der Waals surface area (Å²) in [5.41, 5.74) is 0.415. The molecule has 102 valence electrons. The summed E-state index contributed by atoms with van der Waals surface area (Å²) in [7, 11) is 1.53. The number of ketones is 2. The van der Waals surface area contributed by atoms with Crippen molar-refractivity contribution in [2.24, 2.45) is 0 Å². The summed E-state index contributed by atoms with van der Waals surface area (Å²) in [6.07, 6.45) is -0.666. The van der Waals surface area contributed by atoms with E-state index in [-0.39, 0.29) is 25.2 Å². The van der Waals surface area contributed by atoms with Crippen LogP contribution in [0.4, 0.5) is 0 Å². The molecule has 0 fully saturated rings. The largest absolute Gasteiger partial charge is 0.497 e. The maximum absolute atomic E-state index is 11.8. The second-order valence-corrected chi connectivity index (χ2v) is 3.85. The molecule has 0 bridgehead atoms. The fraction of sp³-hybridized carbons (Fsp3) is 0.357. The molecule has 0 aliphatic carbocycles.